The average Bonchev–Trinajstić information content (AvgIpc) is 2.21. The second kappa shape index (κ2) is 6.30. The van der Waals surface area contributed by atoms with E-state index in [0.717, 1.165) is 0 Å². The van der Waals surface area contributed by atoms with E-state index in [9.17, 15) is 24.0 Å². The number of hydrogen-bond donors (Lipinski definition) is 5. The van der Waals surface area contributed by atoms with Gasteiger partial charge in [-0.25, -0.2) is 4.79 Å². The first-order valence-electron chi connectivity index (χ1n) is 4.37. The number of ketones is 1. The van der Waals surface area contributed by atoms with Crippen molar-refractivity contribution < 1.29 is 44.4 Å². The summed E-state index contributed by atoms with van der Waals surface area (Å²) in [7, 11) is 0. The molecule has 0 radical (unpaired) electrons. The third-order valence-corrected chi connectivity index (χ3v) is 1.76. The highest BCUT2D eigenvalue weighted by Crippen LogP contribution is 1.98. The van der Waals surface area contributed by atoms with E-state index in [1.807, 2.05) is 0 Å². The average molecular weight is 263 g/mol. The number of rotatable bonds is 8. The van der Waals surface area contributed by atoms with Crippen molar-refractivity contribution in [3.8, 4) is 0 Å². The fourth-order valence-electron chi connectivity index (χ4n) is 0.976. The van der Waals surface area contributed by atoms with Crippen LogP contribution in [0.4, 0.5) is 0 Å². The first-order chi connectivity index (χ1) is 8.16. The van der Waals surface area contributed by atoms with Gasteiger partial charge in [0.2, 0.25) is 0 Å². The molecule has 0 aliphatic rings. The second-order valence-electron chi connectivity index (χ2n) is 3.10. The first-order valence-corrected chi connectivity index (χ1v) is 4.37. The Balaban J connectivity index is 4.99. The van der Waals surface area contributed by atoms with E-state index in [0.29, 0.717) is 0 Å². The van der Waals surface area contributed by atoms with Crippen molar-refractivity contribution in [2.45, 2.75) is 18.5 Å². The van der Waals surface area contributed by atoms with Crippen LogP contribution < -0.4 is 5.32 Å². The van der Waals surface area contributed by atoms with Crippen LogP contribution in [0.3, 0.4) is 0 Å². The molecule has 0 aromatic heterocycles. The largest absolute Gasteiger partial charge is 0.481 e. The Morgan fingerprint density at radius 2 is 1.39 bits per heavy atom. The molecule has 0 rings (SSSR count). The minimum Gasteiger partial charge on any atom is -0.481 e. The van der Waals surface area contributed by atoms with E-state index in [1.165, 1.54) is 0 Å². The summed E-state index contributed by atoms with van der Waals surface area (Å²) in [6.07, 6.45) is -1.01. The Bertz CT molecular complexity index is 401. The summed E-state index contributed by atoms with van der Waals surface area (Å²) >= 11 is 0. The fraction of sp³-hybridized carbons (Fsp3) is 0.375. The molecule has 2 atom stereocenters. The highest BCUT2D eigenvalue weighted by molar-refractivity contribution is 6.38. The van der Waals surface area contributed by atoms with E-state index in [2.05, 4.69) is 0 Å². The van der Waals surface area contributed by atoms with Gasteiger partial charge in [-0.3, -0.25) is 24.5 Å². The molecule has 0 spiro atoms. The summed E-state index contributed by atoms with van der Waals surface area (Å²) in [6, 6.07) is -4.23. The van der Waals surface area contributed by atoms with Crippen LogP contribution in [-0.2, 0) is 24.0 Å². The van der Waals surface area contributed by atoms with E-state index in [4.69, 9.17) is 20.4 Å². The van der Waals surface area contributed by atoms with E-state index in [-0.39, 0.29) is 0 Å². The van der Waals surface area contributed by atoms with Crippen molar-refractivity contribution in [1.29, 1.82) is 0 Å². The molecule has 0 bridgehead atoms. The number of aliphatic carboxylic acids is 4. The second-order valence-corrected chi connectivity index (χ2v) is 3.10. The molecule has 0 aliphatic carbocycles. The quantitative estimate of drug-likeness (QED) is 0.234. The van der Waals surface area contributed by atoms with Gasteiger partial charge >= 0.3 is 23.9 Å². The maximum Gasteiger partial charge on any atom is 0.374 e. The molecule has 1 unspecified atom stereocenters. The number of carbonyl (C=O) groups excluding carboxylic acids is 1. The summed E-state index contributed by atoms with van der Waals surface area (Å²) in [4.78, 5) is 52.8. The van der Waals surface area contributed by atoms with Crippen molar-refractivity contribution in [1.82, 2.24) is 5.32 Å². The molecule has 100 valence electrons. The zero-order valence-electron chi connectivity index (χ0n) is 8.69. The number of carboxylic acids is 4. The fourth-order valence-corrected chi connectivity index (χ4v) is 0.976. The SMILES string of the molecule is O=C(O)C[C@H](NC(C(=O)O)C(=O)C(=O)O)C(=O)O. The maximum atomic E-state index is 10.9. The molecule has 0 saturated carbocycles. The molecule has 18 heavy (non-hydrogen) atoms. The van der Waals surface area contributed by atoms with Gasteiger partial charge in [-0.1, -0.05) is 0 Å². The summed E-state index contributed by atoms with van der Waals surface area (Å²) in [5, 5.41) is 35.5. The molecule has 0 saturated heterocycles. The van der Waals surface area contributed by atoms with Crippen molar-refractivity contribution >= 4 is 29.7 Å². The smallest absolute Gasteiger partial charge is 0.374 e. The third-order valence-electron chi connectivity index (χ3n) is 1.76. The lowest BCUT2D eigenvalue weighted by molar-refractivity contribution is -0.156. The van der Waals surface area contributed by atoms with Gasteiger partial charge < -0.3 is 20.4 Å². The number of Topliss-reactive ketones (excluding diaryl/α,β-unsaturated/α-hetero) is 1. The molecular weight excluding hydrogens is 254 g/mol. The normalized spacial score (nSPS) is 13.3. The summed E-state index contributed by atoms with van der Waals surface area (Å²) in [5.41, 5.74) is 0. The molecule has 10 heteroatoms. The van der Waals surface area contributed by atoms with Crippen LogP contribution in [0.15, 0.2) is 0 Å². The number of carboxylic acid groups (broad SMARTS) is 4. The topological polar surface area (TPSA) is 178 Å². The minimum absolute atomic E-state index is 1.01. The van der Waals surface area contributed by atoms with Crippen LogP contribution >= 0.6 is 0 Å². The van der Waals surface area contributed by atoms with Crippen LogP contribution in [0.25, 0.3) is 0 Å². The van der Waals surface area contributed by atoms with Crippen LogP contribution in [0.5, 0.6) is 0 Å². The Kier molecular flexibility index (Phi) is 5.42. The van der Waals surface area contributed by atoms with Gasteiger partial charge in [-0.05, 0) is 0 Å². The van der Waals surface area contributed by atoms with Gasteiger partial charge in [0.25, 0.3) is 5.78 Å². The van der Waals surface area contributed by atoms with Crippen molar-refractivity contribution in [2.75, 3.05) is 0 Å². The predicted octanol–water partition coefficient (Wildman–Crippen LogP) is -2.39. The lowest BCUT2D eigenvalue weighted by Crippen LogP contribution is -2.53. The van der Waals surface area contributed by atoms with Crippen LogP contribution in [-0.4, -0.2) is 62.2 Å². The zero-order chi connectivity index (χ0) is 14.5. The summed E-state index contributed by atoms with van der Waals surface area (Å²) in [5.74, 6) is -9.06. The van der Waals surface area contributed by atoms with Gasteiger partial charge in [-0.15, -0.1) is 0 Å². The molecule has 0 aliphatic heterocycles. The summed E-state index contributed by atoms with van der Waals surface area (Å²) < 4.78 is 0. The highest BCUT2D eigenvalue weighted by Gasteiger charge is 2.35. The molecule has 0 aromatic rings. The predicted molar refractivity (Wildman–Crippen MR) is 50.9 cm³/mol. The Hall–Kier alpha value is -2.49. The minimum atomic E-state index is -2.33. The monoisotopic (exact) mass is 263 g/mol. The van der Waals surface area contributed by atoms with E-state index < -0.39 is 48.2 Å². The third kappa shape index (κ3) is 4.57. The van der Waals surface area contributed by atoms with Crippen molar-refractivity contribution in [2.24, 2.45) is 0 Å². The zero-order valence-corrected chi connectivity index (χ0v) is 8.69. The standard InChI is InChI=1S/C8H9NO9/c10-3(11)1-2(6(13)14)9-4(7(15)16)5(12)8(17)18/h2,4,9H,1H2,(H,10,11)(H,13,14)(H,15,16)(H,17,18)/t2-,4?/m0/s1. The Morgan fingerprint density at radius 1 is 0.889 bits per heavy atom. The van der Waals surface area contributed by atoms with Crippen LogP contribution in [0.2, 0.25) is 0 Å². The van der Waals surface area contributed by atoms with Crippen LogP contribution in [0.1, 0.15) is 6.42 Å². The number of carbonyl (C=O) groups is 5. The van der Waals surface area contributed by atoms with Gasteiger partial charge in [0.1, 0.15) is 6.04 Å². The Morgan fingerprint density at radius 3 is 1.67 bits per heavy atom. The summed E-state index contributed by atoms with van der Waals surface area (Å²) in [6.45, 7) is 0. The maximum absolute atomic E-state index is 10.9. The van der Waals surface area contributed by atoms with Crippen molar-refractivity contribution in [3.63, 3.8) is 0 Å². The van der Waals surface area contributed by atoms with E-state index >= 15 is 0 Å². The van der Waals surface area contributed by atoms with Crippen LogP contribution in [0, 0.1) is 0 Å². The molecular formula is C8H9NO9. The molecule has 0 aromatic carbocycles. The first kappa shape index (κ1) is 15.5. The molecule has 10 nitrogen and oxygen atoms in total. The molecule has 0 amide bonds. The van der Waals surface area contributed by atoms with Crippen molar-refractivity contribution in [3.05, 3.63) is 0 Å². The number of nitrogens with one attached hydrogen (secondary N) is 1. The molecule has 5 N–H and O–H groups in total. The highest BCUT2D eigenvalue weighted by atomic mass is 16.4. The van der Waals surface area contributed by atoms with E-state index in [1.54, 1.807) is 5.32 Å². The van der Waals surface area contributed by atoms with Gasteiger partial charge in [0, 0.05) is 0 Å². The number of hydrogen-bond acceptors (Lipinski definition) is 6. The van der Waals surface area contributed by atoms with Gasteiger partial charge in [0.05, 0.1) is 6.42 Å². The lowest BCUT2D eigenvalue weighted by Gasteiger charge is -2.16. The Labute approximate surface area is 98.8 Å². The van der Waals surface area contributed by atoms with Gasteiger partial charge in [0.15, 0.2) is 6.04 Å². The molecule has 0 heterocycles. The lowest BCUT2D eigenvalue weighted by atomic mass is 10.1. The van der Waals surface area contributed by atoms with Gasteiger partial charge in [-0.2, -0.15) is 0 Å². The molecule has 0 fully saturated rings.